The van der Waals surface area contributed by atoms with Gasteiger partial charge in [-0.1, -0.05) is 0 Å². The zero-order valence-electron chi connectivity index (χ0n) is 9.55. The minimum absolute atomic E-state index is 0.0582. The number of nitrogens with one attached hydrogen (secondary N) is 1. The van der Waals surface area contributed by atoms with Crippen LogP contribution in [0.4, 0.5) is 10.1 Å². The molecule has 0 aliphatic rings. The van der Waals surface area contributed by atoms with E-state index in [-0.39, 0.29) is 11.6 Å². The summed E-state index contributed by atoms with van der Waals surface area (Å²) in [5, 5.41) is 14.7. The van der Waals surface area contributed by atoms with Gasteiger partial charge in [0, 0.05) is 17.3 Å². The van der Waals surface area contributed by atoms with Gasteiger partial charge >= 0.3 is 5.97 Å². The number of thiazole rings is 1. The standard InChI is InChI=1S/C12H11FN2O2S/c1-7(11-14-4-5-18-11)15-8-2-3-10(13)9(6-8)12(16)17/h2-7,15H,1H3,(H,16,17). The highest BCUT2D eigenvalue weighted by molar-refractivity contribution is 7.09. The summed E-state index contributed by atoms with van der Waals surface area (Å²) in [7, 11) is 0. The molecule has 4 nitrogen and oxygen atoms in total. The Labute approximate surface area is 107 Å². The molecule has 0 saturated carbocycles. The van der Waals surface area contributed by atoms with Crippen LogP contribution in [0.15, 0.2) is 29.8 Å². The number of aromatic nitrogens is 1. The molecule has 2 rings (SSSR count). The summed E-state index contributed by atoms with van der Waals surface area (Å²) in [5.41, 5.74) is 0.211. The summed E-state index contributed by atoms with van der Waals surface area (Å²) in [6.45, 7) is 1.91. The van der Waals surface area contributed by atoms with Crippen LogP contribution in [0.25, 0.3) is 0 Å². The second-order valence-corrected chi connectivity index (χ2v) is 4.66. The van der Waals surface area contributed by atoms with Crippen LogP contribution in [-0.4, -0.2) is 16.1 Å². The summed E-state index contributed by atoms with van der Waals surface area (Å²) in [6, 6.07) is 3.87. The fourth-order valence-electron chi connectivity index (χ4n) is 1.54. The molecule has 0 radical (unpaired) electrons. The molecule has 18 heavy (non-hydrogen) atoms. The normalized spacial score (nSPS) is 12.1. The van der Waals surface area contributed by atoms with E-state index in [9.17, 15) is 9.18 Å². The van der Waals surface area contributed by atoms with Gasteiger partial charge in [-0.3, -0.25) is 0 Å². The minimum atomic E-state index is -1.28. The van der Waals surface area contributed by atoms with Gasteiger partial charge in [-0.2, -0.15) is 0 Å². The van der Waals surface area contributed by atoms with Crippen LogP contribution in [0.2, 0.25) is 0 Å². The van der Waals surface area contributed by atoms with E-state index >= 15 is 0 Å². The SMILES string of the molecule is CC(Nc1ccc(F)c(C(=O)O)c1)c1nccs1. The first-order chi connectivity index (χ1) is 8.58. The number of hydrogen-bond acceptors (Lipinski definition) is 4. The molecule has 1 aromatic heterocycles. The van der Waals surface area contributed by atoms with Gasteiger partial charge in [0.1, 0.15) is 10.8 Å². The lowest BCUT2D eigenvalue weighted by molar-refractivity contribution is 0.0692. The van der Waals surface area contributed by atoms with Crippen molar-refractivity contribution >= 4 is 23.0 Å². The molecule has 0 aliphatic heterocycles. The summed E-state index contributed by atoms with van der Waals surface area (Å²) < 4.78 is 13.2. The molecule has 1 unspecified atom stereocenters. The highest BCUT2D eigenvalue weighted by Crippen LogP contribution is 2.22. The molecule has 1 atom stereocenters. The van der Waals surface area contributed by atoms with Crippen LogP contribution < -0.4 is 5.32 Å². The van der Waals surface area contributed by atoms with Crippen LogP contribution in [0.1, 0.15) is 28.3 Å². The van der Waals surface area contributed by atoms with Crippen LogP contribution in [-0.2, 0) is 0 Å². The van der Waals surface area contributed by atoms with E-state index in [1.54, 1.807) is 6.20 Å². The Kier molecular flexibility index (Phi) is 3.57. The molecule has 0 bridgehead atoms. The Balaban J connectivity index is 2.20. The Bertz CT molecular complexity index is 557. The Morgan fingerprint density at radius 1 is 1.56 bits per heavy atom. The molecular weight excluding hydrogens is 255 g/mol. The minimum Gasteiger partial charge on any atom is -0.478 e. The maximum absolute atomic E-state index is 13.2. The van der Waals surface area contributed by atoms with E-state index in [2.05, 4.69) is 10.3 Å². The molecule has 0 fully saturated rings. The van der Waals surface area contributed by atoms with Gasteiger partial charge in [-0.05, 0) is 25.1 Å². The van der Waals surface area contributed by atoms with Crippen LogP contribution >= 0.6 is 11.3 Å². The molecule has 6 heteroatoms. The van der Waals surface area contributed by atoms with Crippen molar-refractivity contribution in [2.75, 3.05) is 5.32 Å². The Morgan fingerprint density at radius 3 is 2.94 bits per heavy atom. The van der Waals surface area contributed by atoms with Crippen molar-refractivity contribution in [2.45, 2.75) is 13.0 Å². The number of carboxylic acids is 1. The first-order valence-electron chi connectivity index (χ1n) is 5.26. The van der Waals surface area contributed by atoms with Gasteiger partial charge in [0.05, 0.1) is 11.6 Å². The van der Waals surface area contributed by atoms with Crippen LogP contribution in [0.5, 0.6) is 0 Å². The van der Waals surface area contributed by atoms with Crippen molar-refractivity contribution in [3.8, 4) is 0 Å². The van der Waals surface area contributed by atoms with Crippen molar-refractivity contribution in [3.05, 3.63) is 46.2 Å². The number of anilines is 1. The van der Waals surface area contributed by atoms with Crippen LogP contribution in [0, 0.1) is 5.82 Å². The largest absolute Gasteiger partial charge is 0.478 e. The molecule has 2 aromatic rings. The number of benzene rings is 1. The fourth-order valence-corrected chi connectivity index (χ4v) is 2.18. The van der Waals surface area contributed by atoms with Crippen molar-refractivity contribution in [1.29, 1.82) is 0 Å². The second kappa shape index (κ2) is 5.14. The molecule has 2 N–H and O–H groups in total. The van der Waals surface area contributed by atoms with Gasteiger partial charge in [0.15, 0.2) is 0 Å². The number of halogens is 1. The number of carbonyl (C=O) groups is 1. The molecule has 0 spiro atoms. The van der Waals surface area contributed by atoms with E-state index in [1.807, 2.05) is 12.3 Å². The molecule has 0 amide bonds. The topological polar surface area (TPSA) is 62.2 Å². The predicted octanol–water partition coefficient (Wildman–Crippen LogP) is 3.15. The van der Waals surface area contributed by atoms with E-state index in [4.69, 9.17) is 5.11 Å². The Hall–Kier alpha value is -1.95. The third kappa shape index (κ3) is 2.65. The third-order valence-corrected chi connectivity index (χ3v) is 3.36. The zero-order valence-corrected chi connectivity index (χ0v) is 10.4. The van der Waals surface area contributed by atoms with Gasteiger partial charge in [0.25, 0.3) is 0 Å². The third-order valence-electron chi connectivity index (χ3n) is 2.40. The molecule has 0 aliphatic carbocycles. The van der Waals surface area contributed by atoms with Gasteiger partial charge in [-0.25, -0.2) is 14.2 Å². The smallest absolute Gasteiger partial charge is 0.338 e. The monoisotopic (exact) mass is 266 g/mol. The average molecular weight is 266 g/mol. The van der Waals surface area contributed by atoms with E-state index in [1.165, 1.54) is 23.5 Å². The number of aromatic carboxylic acids is 1. The number of nitrogens with zero attached hydrogens (tertiary/aromatic N) is 1. The number of carboxylic acid groups (broad SMARTS) is 1. The van der Waals surface area contributed by atoms with Crippen LogP contribution in [0.3, 0.4) is 0 Å². The number of rotatable bonds is 4. The van der Waals surface area contributed by atoms with Crippen molar-refractivity contribution in [3.63, 3.8) is 0 Å². The van der Waals surface area contributed by atoms with Crippen molar-refractivity contribution in [1.82, 2.24) is 4.98 Å². The maximum Gasteiger partial charge on any atom is 0.338 e. The van der Waals surface area contributed by atoms with Gasteiger partial charge in [-0.15, -0.1) is 11.3 Å². The molecule has 0 saturated heterocycles. The second-order valence-electron chi connectivity index (χ2n) is 3.74. The highest BCUT2D eigenvalue weighted by Gasteiger charge is 2.13. The first-order valence-corrected chi connectivity index (χ1v) is 6.14. The lowest BCUT2D eigenvalue weighted by atomic mass is 10.2. The van der Waals surface area contributed by atoms with Gasteiger partial charge < -0.3 is 10.4 Å². The molecule has 1 heterocycles. The Morgan fingerprint density at radius 2 is 2.33 bits per heavy atom. The summed E-state index contributed by atoms with van der Waals surface area (Å²) >= 11 is 1.50. The van der Waals surface area contributed by atoms with Crippen molar-refractivity contribution < 1.29 is 14.3 Å². The summed E-state index contributed by atoms with van der Waals surface area (Å²) in [6.07, 6.45) is 1.70. The van der Waals surface area contributed by atoms with Gasteiger partial charge in [0.2, 0.25) is 0 Å². The van der Waals surface area contributed by atoms with E-state index in [0.29, 0.717) is 5.69 Å². The fraction of sp³-hybridized carbons (Fsp3) is 0.167. The lowest BCUT2D eigenvalue weighted by Crippen LogP contribution is -2.08. The summed E-state index contributed by atoms with van der Waals surface area (Å²) in [5.74, 6) is -2.02. The lowest BCUT2D eigenvalue weighted by Gasteiger charge is -2.13. The maximum atomic E-state index is 13.2. The summed E-state index contributed by atoms with van der Waals surface area (Å²) in [4.78, 5) is 15.0. The molecule has 94 valence electrons. The average Bonchev–Trinajstić information content (AvgIpc) is 2.85. The first kappa shape index (κ1) is 12.5. The molecular formula is C12H11FN2O2S. The quantitative estimate of drug-likeness (QED) is 0.892. The number of hydrogen-bond donors (Lipinski definition) is 2. The predicted molar refractivity (Wildman–Crippen MR) is 67.5 cm³/mol. The highest BCUT2D eigenvalue weighted by atomic mass is 32.1. The van der Waals surface area contributed by atoms with E-state index < -0.39 is 11.8 Å². The molecule has 1 aromatic carbocycles. The van der Waals surface area contributed by atoms with Crippen molar-refractivity contribution in [2.24, 2.45) is 0 Å². The van der Waals surface area contributed by atoms with E-state index in [0.717, 1.165) is 11.1 Å². The zero-order chi connectivity index (χ0) is 13.1.